The van der Waals surface area contributed by atoms with Gasteiger partial charge in [-0.25, -0.2) is 0 Å². The van der Waals surface area contributed by atoms with Gasteiger partial charge in [-0.1, -0.05) is 19.8 Å². The second-order valence-corrected chi connectivity index (χ2v) is 5.91. The molecule has 0 saturated heterocycles. The first-order chi connectivity index (χ1) is 9.60. The van der Waals surface area contributed by atoms with Crippen molar-refractivity contribution >= 4 is 27.5 Å². The molecule has 110 valence electrons. The van der Waals surface area contributed by atoms with Gasteiger partial charge in [-0.2, -0.15) is 0 Å². The highest BCUT2D eigenvalue weighted by molar-refractivity contribution is 9.10. The molecule has 0 spiro atoms. The molecule has 20 heavy (non-hydrogen) atoms. The van der Waals surface area contributed by atoms with Crippen LogP contribution in [0.25, 0.3) is 0 Å². The van der Waals surface area contributed by atoms with Crippen LogP contribution in [0, 0.1) is 0 Å². The molecule has 1 saturated carbocycles. The van der Waals surface area contributed by atoms with Crippen molar-refractivity contribution < 1.29 is 9.53 Å². The van der Waals surface area contributed by atoms with E-state index in [1.54, 1.807) is 6.07 Å². The molecule has 0 unspecified atom stereocenters. The van der Waals surface area contributed by atoms with E-state index in [2.05, 4.69) is 26.2 Å². The molecular weight excluding hydrogens is 324 g/mol. The summed E-state index contributed by atoms with van der Waals surface area (Å²) < 4.78 is 6.53. The zero-order valence-electron chi connectivity index (χ0n) is 11.4. The molecule has 0 radical (unpaired) electrons. The SMILES string of the molecule is CC[C@@H](OC1CCCC1)C(=O)Nc1cc(Br)c[nH]c1=O. The monoisotopic (exact) mass is 342 g/mol. The van der Waals surface area contributed by atoms with Gasteiger partial charge in [0, 0.05) is 10.7 Å². The smallest absolute Gasteiger partial charge is 0.271 e. The van der Waals surface area contributed by atoms with Crippen molar-refractivity contribution in [3.63, 3.8) is 0 Å². The maximum absolute atomic E-state index is 12.2. The molecule has 2 N–H and O–H groups in total. The van der Waals surface area contributed by atoms with Gasteiger partial charge in [0.15, 0.2) is 0 Å². The summed E-state index contributed by atoms with van der Waals surface area (Å²) in [5.41, 5.74) is -0.0879. The number of hydrogen-bond acceptors (Lipinski definition) is 3. The van der Waals surface area contributed by atoms with Crippen molar-refractivity contribution in [3.8, 4) is 0 Å². The van der Waals surface area contributed by atoms with Crippen molar-refractivity contribution in [2.75, 3.05) is 5.32 Å². The van der Waals surface area contributed by atoms with E-state index in [1.165, 1.54) is 6.20 Å². The van der Waals surface area contributed by atoms with Crippen molar-refractivity contribution in [1.29, 1.82) is 0 Å². The van der Waals surface area contributed by atoms with Crippen molar-refractivity contribution in [2.45, 2.75) is 51.2 Å². The third-order valence-electron chi connectivity index (χ3n) is 3.45. The van der Waals surface area contributed by atoms with Crippen LogP contribution in [0.2, 0.25) is 0 Å². The van der Waals surface area contributed by atoms with Gasteiger partial charge in [0.1, 0.15) is 11.8 Å². The number of halogens is 1. The number of carbonyl (C=O) groups is 1. The number of aromatic amines is 1. The predicted molar refractivity (Wildman–Crippen MR) is 80.8 cm³/mol. The second kappa shape index (κ2) is 7.04. The molecule has 1 aromatic heterocycles. The number of pyridine rings is 1. The van der Waals surface area contributed by atoms with E-state index in [9.17, 15) is 9.59 Å². The number of amides is 1. The van der Waals surface area contributed by atoms with Gasteiger partial charge in [0.25, 0.3) is 11.5 Å². The highest BCUT2D eigenvalue weighted by atomic mass is 79.9. The summed E-state index contributed by atoms with van der Waals surface area (Å²) >= 11 is 3.26. The molecule has 1 aliphatic carbocycles. The molecule has 1 aromatic rings. The lowest BCUT2D eigenvalue weighted by Crippen LogP contribution is -2.34. The van der Waals surface area contributed by atoms with Gasteiger partial charge in [-0.15, -0.1) is 0 Å². The van der Waals surface area contributed by atoms with Crippen molar-refractivity contribution in [1.82, 2.24) is 4.98 Å². The van der Waals surface area contributed by atoms with Crippen LogP contribution in [0.15, 0.2) is 21.5 Å². The quantitative estimate of drug-likeness (QED) is 0.864. The Kier molecular flexibility index (Phi) is 5.37. The van der Waals surface area contributed by atoms with Crippen LogP contribution in [0.3, 0.4) is 0 Å². The summed E-state index contributed by atoms with van der Waals surface area (Å²) in [7, 11) is 0. The number of hydrogen-bond donors (Lipinski definition) is 2. The molecule has 2 rings (SSSR count). The van der Waals surface area contributed by atoms with Crippen LogP contribution in [0.1, 0.15) is 39.0 Å². The van der Waals surface area contributed by atoms with E-state index in [0.717, 1.165) is 25.7 Å². The molecule has 1 fully saturated rings. The van der Waals surface area contributed by atoms with Gasteiger partial charge in [0.2, 0.25) is 0 Å². The lowest BCUT2D eigenvalue weighted by molar-refractivity contribution is -0.131. The molecule has 5 nitrogen and oxygen atoms in total. The third-order valence-corrected chi connectivity index (χ3v) is 3.91. The summed E-state index contributed by atoms with van der Waals surface area (Å²) in [6.45, 7) is 1.91. The Hall–Kier alpha value is -1.14. The minimum absolute atomic E-state index is 0.173. The number of H-pyrrole nitrogens is 1. The Bertz CT molecular complexity index is 523. The number of ether oxygens (including phenoxy) is 1. The fraction of sp³-hybridized carbons (Fsp3) is 0.571. The van der Waals surface area contributed by atoms with E-state index in [-0.39, 0.29) is 23.3 Å². The van der Waals surface area contributed by atoms with E-state index in [0.29, 0.717) is 10.9 Å². The molecule has 1 heterocycles. The van der Waals surface area contributed by atoms with Crippen LogP contribution in [-0.4, -0.2) is 23.1 Å². The lowest BCUT2D eigenvalue weighted by Gasteiger charge is -2.20. The summed E-state index contributed by atoms with van der Waals surface area (Å²) in [6, 6.07) is 1.58. The first-order valence-corrected chi connectivity index (χ1v) is 7.74. The summed E-state index contributed by atoms with van der Waals surface area (Å²) in [5.74, 6) is -0.261. The Morgan fingerprint density at radius 3 is 2.90 bits per heavy atom. The number of nitrogens with one attached hydrogen (secondary N) is 2. The van der Waals surface area contributed by atoms with Crippen molar-refractivity contribution in [3.05, 3.63) is 27.1 Å². The van der Waals surface area contributed by atoms with Crippen molar-refractivity contribution in [2.24, 2.45) is 0 Å². The minimum Gasteiger partial charge on any atom is -0.365 e. The molecule has 1 amide bonds. The summed E-state index contributed by atoms with van der Waals surface area (Å²) in [5, 5.41) is 2.64. The average molecular weight is 343 g/mol. The van der Waals surface area contributed by atoms with Gasteiger partial charge in [0.05, 0.1) is 6.10 Å². The third kappa shape index (κ3) is 3.93. The number of aromatic nitrogens is 1. The molecule has 6 heteroatoms. The highest BCUT2D eigenvalue weighted by Gasteiger charge is 2.24. The van der Waals surface area contributed by atoms with Crippen LogP contribution in [-0.2, 0) is 9.53 Å². The van der Waals surface area contributed by atoms with E-state index in [4.69, 9.17) is 4.74 Å². The number of anilines is 1. The zero-order chi connectivity index (χ0) is 14.5. The molecule has 0 aliphatic heterocycles. The Balaban J connectivity index is 2.01. The molecule has 0 bridgehead atoms. The van der Waals surface area contributed by atoms with Gasteiger partial charge >= 0.3 is 0 Å². The van der Waals surface area contributed by atoms with E-state index in [1.807, 2.05) is 6.92 Å². The fourth-order valence-electron chi connectivity index (χ4n) is 2.36. The largest absolute Gasteiger partial charge is 0.365 e. The van der Waals surface area contributed by atoms with Crippen LogP contribution >= 0.6 is 15.9 Å². The maximum atomic E-state index is 12.2. The van der Waals surface area contributed by atoms with Crippen LogP contribution in [0.4, 0.5) is 5.69 Å². The Morgan fingerprint density at radius 2 is 2.25 bits per heavy atom. The summed E-state index contributed by atoms with van der Waals surface area (Å²) in [6.07, 6.45) is 6.14. The summed E-state index contributed by atoms with van der Waals surface area (Å²) in [4.78, 5) is 26.4. The van der Waals surface area contributed by atoms with Gasteiger partial charge in [-0.05, 0) is 41.3 Å². The number of carbonyl (C=O) groups excluding carboxylic acids is 1. The normalized spacial score (nSPS) is 17.1. The molecule has 1 atom stereocenters. The second-order valence-electron chi connectivity index (χ2n) is 4.99. The Morgan fingerprint density at radius 1 is 1.55 bits per heavy atom. The standard InChI is InChI=1S/C14H19BrN2O3/c1-2-12(20-10-5-3-4-6-10)14(19)17-11-7-9(15)8-16-13(11)18/h7-8,10,12H,2-6H2,1H3,(H,16,18)(H,17,19)/t12-/m1/s1. The topological polar surface area (TPSA) is 71.2 Å². The highest BCUT2D eigenvalue weighted by Crippen LogP contribution is 2.23. The fourth-order valence-corrected chi connectivity index (χ4v) is 2.71. The first-order valence-electron chi connectivity index (χ1n) is 6.94. The lowest BCUT2D eigenvalue weighted by atomic mass is 10.2. The van der Waals surface area contributed by atoms with Gasteiger partial charge in [-0.3, -0.25) is 9.59 Å². The molecule has 0 aromatic carbocycles. The minimum atomic E-state index is -0.503. The van der Waals surface area contributed by atoms with Crippen LogP contribution < -0.4 is 10.9 Å². The predicted octanol–water partition coefficient (Wildman–Crippen LogP) is 2.81. The maximum Gasteiger partial charge on any atom is 0.271 e. The molecular formula is C14H19BrN2O3. The average Bonchev–Trinajstić information content (AvgIpc) is 2.93. The van der Waals surface area contributed by atoms with Crippen LogP contribution in [0.5, 0.6) is 0 Å². The van der Waals surface area contributed by atoms with E-state index < -0.39 is 6.10 Å². The van der Waals surface area contributed by atoms with E-state index >= 15 is 0 Å². The molecule has 1 aliphatic rings. The Labute approximate surface area is 126 Å². The first kappa shape index (κ1) is 15.3. The number of rotatable bonds is 5. The van der Waals surface area contributed by atoms with Gasteiger partial charge < -0.3 is 15.0 Å². The zero-order valence-corrected chi connectivity index (χ0v) is 13.0.